The summed E-state index contributed by atoms with van der Waals surface area (Å²) in [5, 5.41) is 0. The van der Waals surface area contributed by atoms with Crippen molar-refractivity contribution < 1.29 is 83.5 Å². The monoisotopic (exact) mass is 482 g/mol. The Bertz CT molecular complexity index is 590. The molecule has 0 spiro atoms. The van der Waals surface area contributed by atoms with E-state index in [-0.39, 0.29) is 0 Å². The molecule has 0 aromatic heterocycles. The molecule has 0 saturated carbocycles. The maximum absolute atomic E-state index is 13.8. The smallest absolute Gasteiger partial charge is 0.216 e. The first-order valence-electron chi connectivity index (χ1n) is 6.24. The van der Waals surface area contributed by atoms with Crippen LogP contribution in [0.15, 0.2) is 0 Å². The largest absolute Gasteiger partial charge is 0.469 e. The summed E-state index contributed by atoms with van der Waals surface area (Å²) in [4.78, 5) is 0. The lowest BCUT2D eigenvalue weighted by molar-refractivity contribution is -1.07. The van der Waals surface area contributed by atoms with Gasteiger partial charge in [0.1, 0.15) is 0 Å². The maximum atomic E-state index is 13.8. The Hall–Kier alpha value is -1.30. The minimum atomic E-state index is -8.36. The summed E-state index contributed by atoms with van der Waals surface area (Å²) in [6, 6.07) is -15.4. The fourth-order valence-corrected chi connectivity index (χ4v) is 1.77. The molecule has 0 amide bonds. The van der Waals surface area contributed by atoms with Crippen molar-refractivity contribution in [3.63, 3.8) is 0 Å². The van der Waals surface area contributed by atoms with Crippen molar-refractivity contribution in [1.29, 1.82) is 0 Å². The highest BCUT2D eigenvalue weighted by Gasteiger charge is 2.97. The zero-order valence-corrected chi connectivity index (χ0v) is 13.3. The van der Waals surface area contributed by atoms with Gasteiger partial charge in [0, 0.05) is 0 Å². The summed E-state index contributed by atoms with van der Waals surface area (Å²) in [5.41, 5.74) is -8.32. The topological polar surface area (TPSA) is 0 Å². The van der Waals surface area contributed by atoms with Gasteiger partial charge in [-0.2, -0.15) is 61.6 Å². The number of hydrogen-bond donors (Lipinski definition) is 0. The summed E-state index contributed by atoms with van der Waals surface area (Å²) in [5.74, 6) is -16.0. The quantitative estimate of drug-likeness (QED) is 0.260. The lowest BCUT2D eigenvalue weighted by Gasteiger charge is -2.48. The number of quaternary nitrogens is 1. The van der Waals surface area contributed by atoms with Crippen LogP contribution in [0.25, 0.3) is 0 Å². The van der Waals surface area contributed by atoms with Crippen LogP contribution in [0.1, 0.15) is 0 Å². The fraction of sp³-hybridized carbons (Fsp3) is 1.00. The molecule has 0 aliphatic rings. The molecule has 0 N–H and O–H groups in total. The molecule has 0 saturated heterocycles. The second kappa shape index (κ2) is 6.35. The Labute approximate surface area is 147 Å². The molecule has 0 bridgehead atoms. The van der Waals surface area contributed by atoms with E-state index in [0.29, 0.717) is 0 Å². The third-order valence-electron chi connectivity index (χ3n) is 3.73. The second-order valence-corrected chi connectivity index (χ2v) is 5.84. The minimum Gasteiger partial charge on any atom is -0.216 e. The van der Waals surface area contributed by atoms with E-state index in [0.717, 1.165) is 0 Å². The molecule has 176 valence electrons. The SMILES string of the molecule is C[N+](C)(C(F)(F)C(F)(F)C(F)(F)F)C(F)(F)C(F)(F)C(F)(C(F)(F)F)C(F)(F)F. The van der Waals surface area contributed by atoms with Gasteiger partial charge in [-0.15, -0.1) is 17.6 Å². The third-order valence-corrected chi connectivity index (χ3v) is 3.73. The first kappa shape index (κ1) is 27.7. The molecule has 0 atom stereocenters. The first-order chi connectivity index (χ1) is 12.0. The van der Waals surface area contributed by atoms with Crippen molar-refractivity contribution in [3.8, 4) is 0 Å². The van der Waals surface area contributed by atoms with Crippen molar-refractivity contribution in [2.45, 2.75) is 48.1 Å². The summed E-state index contributed by atoms with van der Waals surface area (Å²) in [6.45, 7) is 0. The van der Waals surface area contributed by atoms with Crippen LogP contribution in [0, 0.1) is 0 Å². The van der Waals surface area contributed by atoms with Crippen LogP contribution in [-0.2, 0) is 0 Å². The van der Waals surface area contributed by atoms with Gasteiger partial charge in [0.05, 0.1) is 14.1 Å². The first-order valence-corrected chi connectivity index (χ1v) is 6.24. The van der Waals surface area contributed by atoms with Crippen LogP contribution in [-0.4, -0.2) is 66.7 Å². The van der Waals surface area contributed by atoms with Gasteiger partial charge in [0.25, 0.3) is 0 Å². The predicted octanol–water partition coefficient (Wildman–Crippen LogP) is 5.91. The van der Waals surface area contributed by atoms with Crippen molar-refractivity contribution in [2.24, 2.45) is 0 Å². The standard InChI is InChI=1S/C10H6F18N/c1-29(2,10(27,28)5(14,15)8(22,23)24)9(25,26)4(12,13)3(11,6(16,17)18)7(19,20)21/h1-2H3/q+1. The van der Waals surface area contributed by atoms with Crippen molar-refractivity contribution in [1.82, 2.24) is 0 Å². The maximum Gasteiger partial charge on any atom is 0.469 e. The van der Waals surface area contributed by atoms with Crippen LogP contribution in [0.3, 0.4) is 0 Å². The van der Waals surface area contributed by atoms with E-state index < -0.39 is 66.7 Å². The highest BCUT2D eigenvalue weighted by Crippen LogP contribution is 2.63. The van der Waals surface area contributed by atoms with E-state index in [1.807, 2.05) is 0 Å². The summed E-state index contributed by atoms with van der Waals surface area (Å²) in [6.07, 6.45) is -23.5. The highest BCUT2D eigenvalue weighted by molar-refractivity contribution is 5.09. The molecule has 29 heavy (non-hydrogen) atoms. The molecular formula is C10H6F18N+. The Morgan fingerprint density at radius 1 is 0.379 bits per heavy atom. The van der Waals surface area contributed by atoms with Crippen molar-refractivity contribution in [3.05, 3.63) is 0 Å². The Morgan fingerprint density at radius 3 is 0.828 bits per heavy atom. The number of nitrogens with zero attached hydrogens (tertiary/aromatic N) is 1. The molecule has 0 unspecified atom stereocenters. The average molecular weight is 482 g/mol. The van der Waals surface area contributed by atoms with Crippen LogP contribution in [0.5, 0.6) is 0 Å². The summed E-state index contributed by atoms with van der Waals surface area (Å²) in [7, 11) is -2.75. The van der Waals surface area contributed by atoms with Gasteiger partial charge in [-0.3, -0.25) is 0 Å². The summed E-state index contributed by atoms with van der Waals surface area (Å²) >= 11 is 0. The van der Waals surface area contributed by atoms with Crippen LogP contribution >= 0.6 is 0 Å². The third kappa shape index (κ3) is 3.26. The molecule has 0 aliphatic heterocycles. The normalized spacial score (nSPS) is 17.0. The van der Waals surface area contributed by atoms with Gasteiger partial charge in [-0.1, -0.05) is 0 Å². The Balaban J connectivity index is 7.04. The average Bonchev–Trinajstić information content (AvgIpc) is 2.41. The molecular weight excluding hydrogens is 476 g/mol. The van der Waals surface area contributed by atoms with E-state index in [1.54, 1.807) is 0 Å². The van der Waals surface area contributed by atoms with Crippen molar-refractivity contribution in [2.75, 3.05) is 14.1 Å². The molecule has 0 rings (SSSR count). The molecule has 0 aliphatic carbocycles. The van der Waals surface area contributed by atoms with Gasteiger partial charge >= 0.3 is 48.1 Å². The van der Waals surface area contributed by atoms with Gasteiger partial charge in [-0.05, 0) is 0 Å². The molecule has 0 fully saturated rings. The van der Waals surface area contributed by atoms with E-state index >= 15 is 0 Å². The molecule has 0 aromatic rings. The van der Waals surface area contributed by atoms with E-state index in [9.17, 15) is 79.0 Å². The second-order valence-electron chi connectivity index (χ2n) is 5.84. The van der Waals surface area contributed by atoms with Gasteiger partial charge in [0.2, 0.25) is 0 Å². The zero-order valence-electron chi connectivity index (χ0n) is 13.3. The Morgan fingerprint density at radius 2 is 0.621 bits per heavy atom. The van der Waals surface area contributed by atoms with E-state index in [1.165, 1.54) is 0 Å². The number of alkyl halides is 18. The molecule has 19 heteroatoms. The Kier molecular flexibility index (Phi) is 6.07. The lowest BCUT2D eigenvalue weighted by Crippen LogP contribution is -2.81. The lowest BCUT2D eigenvalue weighted by atomic mass is 9.92. The zero-order chi connectivity index (χ0) is 24.5. The summed E-state index contributed by atoms with van der Waals surface area (Å²) < 4.78 is 225. The molecule has 1 nitrogen and oxygen atoms in total. The van der Waals surface area contributed by atoms with Gasteiger partial charge in [0.15, 0.2) is 0 Å². The fourth-order valence-electron chi connectivity index (χ4n) is 1.77. The van der Waals surface area contributed by atoms with Crippen molar-refractivity contribution >= 4 is 0 Å². The van der Waals surface area contributed by atoms with Crippen LogP contribution in [0.2, 0.25) is 0 Å². The molecule has 0 radical (unpaired) electrons. The van der Waals surface area contributed by atoms with E-state index in [4.69, 9.17) is 0 Å². The van der Waals surface area contributed by atoms with Gasteiger partial charge in [-0.25, -0.2) is 4.39 Å². The minimum absolute atomic E-state index is 1.37. The predicted molar refractivity (Wildman–Crippen MR) is 53.9 cm³/mol. The van der Waals surface area contributed by atoms with Crippen LogP contribution < -0.4 is 0 Å². The highest BCUT2D eigenvalue weighted by atomic mass is 19.4. The number of hydrogen-bond acceptors (Lipinski definition) is 0. The molecule has 0 heterocycles. The van der Waals surface area contributed by atoms with E-state index in [2.05, 4.69) is 0 Å². The molecule has 0 aromatic carbocycles. The number of rotatable bonds is 5. The van der Waals surface area contributed by atoms with Crippen LogP contribution in [0.4, 0.5) is 79.0 Å². The van der Waals surface area contributed by atoms with Gasteiger partial charge < -0.3 is 0 Å². The number of halogens is 18.